The second kappa shape index (κ2) is 13.2. The van der Waals surface area contributed by atoms with E-state index in [0.717, 1.165) is 0 Å². The molecule has 0 aromatic heterocycles. The van der Waals surface area contributed by atoms with E-state index in [0.29, 0.717) is 0 Å². The van der Waals surface area contributed by atoms with Gasteiger partial charge in [0.05, 0.1) is 0 Å². The predicted molar refractivity (Wildman–Crippen MR) is 123 cm³/mol. The third-order valence-corrected chi connectivity index (χ3v) is 7.24. The van der Waals surface area contributed by atoms with E-state index in [9.17, 15) is 0 Å². The molecule has 0 saturated carbocycles. The Hall–Kier alpha value is -1.00. The van der Waals surface area contributed by atoms with Gasteiger partial charge < -0.3 is 14.9 Å². The summed E-state index contributed by atoms with van der Waals surface area (Å²) in [7, 11) is -0.171. The Morgan fingerprint density at radius 2 is 0.815 bits per heavy atom. The molecule has 1 aliphatic carbocycles. The maximum absolute atomic E-state index is 2.31. The van der Waals surface area contributed by atoms with Crippen LogP contribution in [0, 0.1) is 20.8 Å². The molecule has 2 aromatic carbocycles. The monoisotopic (exact) mass is 558 g/mol. The number of hydrogen-bond acceptors (Lipinski definition) is 0. The van der Waals surface area contributed by atoms with Crippen LogP contribution in [0.25, 0.3) is 0 Å². The molecule has 0 atom stereocenters. The van der Waals surface area contributed by atoms with Crippen molar-refractivity contribution in [1.29, 1.82) is 0 Å². The van der Waals surface area contributed by atoms with E-state index in [2.05, 4.69) is 102 Å². The Balaban J connectivity index is 0. The summed E-state index contributed by atoms with van der Waals surface area (Å²) in [5.41, 5.74) is 5.87. The van der Waals surface area contributed by atoms with E-state index < -0.39 is 0 Å². The molecule has 0 aliphatic heterocycles. The van der Waals surface area contributed by atoms with Gasteiger partial charge in [0, 0.05) is 26.0 Å². The van der Waals surface area contributed by atoms with Crippen molar-refractivity contribution in [2.45, 2.75) is 34.6 Å². The summed E-state index contributed by atoms with van der Waals surface area (Å²) in [5, 5.41) is 2.88. The molecule has 0 saturated heterocycles. The Kier molecular flexibility index (Phi) is 13.8. The van der Waals surface area contributed by atoms with Gasteiger partial charge in [-0.25, -0.2) is 0 Å². The third-order valence-electron chi connectivity index (χ3n) is 5.10. The fourth-order valence-electron chi connectivity index (χ4n) is 2.86. The van der Waals surface area contributed by atoms with E-state index in [-0.39, 0.29) is 42.9 Å². The largest absolute Gasteiger partial charge is 0.358 e. The van der Waals surface area contributed by atoms with E-state index in [1.165, 1.54) is 38.8 Å². The molecule has 1 aliphatic rings. The Morgan fingerprint density at radius 3 is 1.04 bits per heavy atom. The summed E-state index contributed by atoms with van der Waals surface area (Å²) < 4.78 is 0. The molecular formula is C25H34IrP-2. The molecular weight excluding hydrogens is 523 g/mol. The predicted octanol–water partition coefficient (Wildman–Crippen LogP) is 6.91. The molecule has 150 valence electrons. The normalized spacial score (nSPS) is 13.3. The molecule has 0 nitrogen and oxygen atoms in total. The van der Waals surface area contributed by atoms with Crippen molar-refractivity contribution in [3.63, 3.8) is 0 Å². The van der Waals surface area contributed by atoms with Gasteiger partial charge in [0.15, 0.2) is 0 Å². The topological polar surface area (TPSA) is 0 Å². The standard InChI is InChI=1S/C13H13P.C10H15.2CH3.Ir/c1-14(12-8-4-2-5-9-12)13-10-6-3-7-11-13;1-6-7(2)9(4)10(5)8(6)3;;;/h2-11H,1H3;1-5H3;2*1H3;/q;;2*-1;. The zero-order valence-corrected chi connectivity index (χ0v) is 21.3. The fourth-order valence-corrected chi connectivity index (χ4v) is 4.40. The molecule has 2 radical (unpaired) electrons. The summed E-state index contributed by atoms with van der Waals surface area (Å²) in [5.74, 6) is 1.47. The average molecular weight is 558 g/mol. The van der Waals surface area contributed by atoms with Gasteiger partial charge in [0.25, 0.3) is 0 Å². The number of allylic oxidation sites excluding steroid dienone is 4. The maximum Gasteiger partial charge on any atom is 0.0226 e. The first-order valence-corrected chi connectivity index (χ1v) is 10.3. The molecule has 27 heavy (non-hydrogen) atoms. The van der Waals surface area contributed by atoms with Gasteiger partial charge in [-0.3, -0.25) is 0 Å². The molecule has 2 aromatic rings. The fraction of sp³-hybridized carbons (Fsp3) is 0.240. The smallest absolute Gasteiger partial charge is 0.0226 e. The van der Waals surface area contributed by atoms with Crippen molar-refractivity contribution in [2.24, 2.45) is 0 Å². The molecule has 2 heteroatoms. The maximum atomic E-state index is 2.31. The van der Waals surface area contributed by atoms with Gasteiger partial charge in [-0.15, -0.1) is 0 Å². The van der Waals surface area contributed by atoms with Crippen LogP contribution in [-0.2, 0) is 20.1 Å². The Bertz CT molecular complexity index is 666. The van der Waals surface area contributed by atoms with Crippen molar-refractivity contribution in [3.8, 4) is 0 Å². The Morgan fingerprint density at radius 1 is 0.519 bits per heavy atom. The van der Waals surface area contributed by atoms with Crippen LogP contribution < -0.4 is 10.6 Å². The summed E-state index contributed by atoms with van der Waals surface area (Å²) in [6.07, 6.45) is 0. The second-order valence-electron chi connectivity index (χ2n) is 6.36. The number of rotatable bonds is 2. The van der Waals surface area contributed by atoms with Gasteiger partial charge in [0.2, 0.25) is 0 Å². The van der Waals surface area contributed by atoms with Gasteiger partial charge in [0.1, 0.15) is 0 Å². The van der Waals surface area contributed by atoms with Crippen LogP contribution in [0.4, 0.5) is 0 Å². The molecule has 3 rings (SSSR count). The molecule has 0 spiro atoms. The summed E-state index contributed by atoms with van der Waals surface area (Å²) in [4.78, 5) is 0. The van der Waals surface area contributed by atoms with Gasteiger partial charge in [-0.2, -0.15) is 0 Å². The van der Waals surface area contributed by atoms with Gasteiger partial charge in [-0.05, 0) is 64.0 Å². The van der Waals surface area contributed by atoms with Crippen LogP contribution in [0.15, 0.2) is 83.0 Å². The molecule has 0 amide bonds. The third kappa shape index (κ3) is 7.15. The van der Waals surface area contributed by atoms with Crippen molar-refractivity contribution in [2.75, 3.05) is 6.66 Å². The van der Waals surface area contributed by atoms with Crippen LogP contribution in [0.5, 0.6) is 0 Å². The minimum Gasteiger partial charge on any atom is -0.358 e. The van der Waals surface area contributed by atoms with Crippen LogP contribution in [0.2, 0.25) is 0 Å². The first-order valence-electron chi connectivity index (χ1n) is 8.47. The average Bonchev–Trinajstić information content (AvgIpc) is 2.81. The van der Waals surface area contributed by atoms with E-state index in [1.807, 2.05) is 0 Å². The van der Waals surface area contributed by atoms with Crippen molar-refractivity contribution in [3.05, 3.63) is 104 Å². The van der Waals surface area contributed by atoms with Gasteiger partial charge >= 0.3 is 0 Å². The second-order valence-corrected chi connectivity index (χ2v) is 8.51. The van der Waals surface area contributed by atoms with Gasteiger partial charge in [-0.1, -0.05) is 78.7 Å². The van der Waals surface area contributed by atoms with E-state index in [1.54, 1.807) is 0 Å². The minimum absolute atomic E-state index is 0. The number of hydrogen-bond donors (Lipinski definition) is 0. The molecule has 0 bridgehead atoms. The first-order chi connectivity index (χ1) is 11.4. The first kappa shape index (κ1) is 28.2. The number of benzene rings is 2. The van der Waals surface area contributed by atoms with E-state index in [4.69, 9.17) is 0 Å². The minimum atomic E-state index is -0.171. The molecule has 0 heterocycles. The zero-order valence-electron chi connectivity index (χ0n) is 18.1. The molecule has 0 N–H and O–H groups in total. The summed E-state index contributed by atoms with van der Waals surface area (Å²) in [6.45, 7) is 13.3. The van der Waals surface area contributed by atoms with Crippen LogP contribution in [-0.4, -0.2) is 6.66 Å². The summed E-state index contributed by atoms with van der Waals surface area (Å²) in [6, 6.07) is 21.4. The van der Waals surface area contributed by atoms with Crippen LogP contribution >= 0.6 is 7.92 Å². The van der Waals surface area contributed by atoms with Crippen molar-refractivity contribution < 1.29 is 20.1 Å². The van der Waals surface area contributed by atoms with E-state index >= 15 is 0 Å². The van der Waals surface area contributed by atoms with Crippen LogP contribution in [0.3, 0.4) is 0 Å². The van der Waals surface area contributed by atoms with Crippen molar-refractivity contribution in [1.82, 2.24) is 0 Å². The quantitative estimate of drug-likeness (QED) is 0.278. The van der Waals surface area contributed by atoms with Crippen molar-refractivity contribution >= 4 is 18.5 Å². The molecule has 0 fully saturated rings. The summed E-state index contributed by atoms with van der Waals surface area (Å²) >= 11 is 0. The Labute approximate surface area is 183 Å². The van der Waals surface area contributed by atoms with Crippen LogP contribution in [0.1, 0.15) is 34.6 Å². The zero-order chi connectivity index (χ0) is 17.7. The molecule has 0 unspecified atom stereocenters. The SMILES string of the molecule is CP(c1ccccc1)c1ccccc1.C[C]1C(C)=C(C)C(C)=C1C.[CH3-].[CH3-].[Ir].